The van der Waals surface area contributed by atoms with Crippen LogP contribution in [-0.4, -0.2) is 10.2 Å². The fraction of sp³-hybridized carbons (Fsp3) is 0.250. The van der Waals surface area contributed by atoms with Gasteiger partial charge in [-0.05, 0) is 26.3 Å². The van der Waals surface area contributed by atoms with Crippen LogP contribution in [0.15, 0.2) is 34.7 Å². The van der Waals surface area contributed by atoms with Gasteiger partial charge in [0.15, 0.2) is 5.01 Å². The highest BCUT2D eigenvalue weighted by Gasteiger charge is 2.20. The Kier molecular flexibility index (Phi) is 3.61. The third-order valence-electron chi connectivity index (χ3n) is 3.64. The van der Waals surface area contributed by atoms with Gasteiger partial charge in [-0.15, -0.1) is 10.2 Å². The molecule has 0 aliphatic rings. The molecule has 1 unspecified atom stereocenters. The van der Waals surface area contributed by atoms with Crippen LogP contribution in [0.4, 0.5) is 0 Å². The van der Waals surface area contributed by atoms with Crippen LogP contribution in [-0.2, 0) is 0 Å². The number of furan rings is 1. The maximum Gasteiger partial charge on any atom is 0.151 e. The molecule has 0 saturated carbocycles. The van der Waals surface area contributed by atoms with Gasteiger partial charge in [0.05, 0.1) is 11.6 Å². The Morgan fingerprint density at radius 3 is 2.38 bits per heavy atom. The van der Waals surface area contributed by atoms with Gasteiger partial charge in [0, 0.05) is 5.56 Å². The van der Waals surface area contributed by atoms with Gasteiger partial charge in [-0.25, -0.2) is 0 Å². The van der Waals surface area contributed by atoms with Crippen molar-refractivity contribution in [3.8, 4) is 10.6 Å². The summed E-state index contributed by atoms with van der Waals surface area (Å²) in [5.74, 6) is 1.80. The first-order valence-electron chi connectivity index (χ1n) is 6.79. The van der Waals surface area contributed by atoms with E-state index in [-0.39, 0.29) is 6.04 Å². The van der Waals surface area contributed by atoms with Crippen molar-refractivity contribution in [3.63, 3.8) is 0 Å². The second-order valence-electron chi connectivity index (χ2n) is 5.05. The Labute approximate surface area is 127 Å². The van der Waals surface area contributed by atoms with Crippen molar-refractivity contribution < 1.29 is 4.42 Å². The van der Waals surface area contributed by atoms with Crippen molar-refractivity contribution in [3.05, 3.63) is 58.0 Å². The van der Waals surface area contributed by atoms with E-state index in [1.54, 1.807) is 0 Å². The largest absolute Gasteiger partial charge is 0.466 e. The molecule has 5 heteroatoms. The Morgan fingerprint density at radius 2 is 1.76 bits per heavy atom. The summed E-state index contributed by atoms with van der Waals surface area (Å²) < 4.78 is 5.66. The maximum atomic E-state index is 6.27. The number of benzene rings is 1. The zero-order valence-corrected chi connectivity index (χ0v) is 13.1. The van der Waals surface area contributed by atoms with Gasteiger partial charge in [-0.3, -0.25) is 0 Å². The summed E-state index contributed by atoms with van der Waals surface area (Å²) >= 11 is 1.52. The molecule has 2 aromatic heterocycles. The third kappa shape index (κ3) is 2.50. The van der Waals surface area contributed by atoms with Crippen LogP contribution in [0.5, 0.6) is 0 Å². The molecule has 0 saturated heterocycles. The molecule has 4 nitrogen and oxygen atoms in total. The average Bonchev–Trinajstić information content (AvgIpc) is 3.05. The van der Waals surface area contributed by atoms with Gasteiger partial charge in [0.1, 0.15) is 16.5 Å². The SMILES string of the molecule is Cc1oc(C)c(-c2nnc(C(N)c3ccccc3)s2)c1C. The summed E-state index contributed by atoms with van der Waals surface area (Å²) in [6.45, 7) is 5.95. The van der Waals surface area contributed by atoms with Gasteiger partial charge in [-0.2, -0.15) is 0 Å². The lowest BCUT2D eigenvalue weighted by molar-refractivity contribution is 0.503. The molecule has 21 heavy (non-hydrogen) atoms. The van der Waals surface area contributed by atoms with Crippen molar-refractivity contribution in [1.29, 1.82) is 0 Å². The van der Waals surface area contributed by atoms with E-state index in [0.29, 0.717) is 0 Å². The summed E-state index contributed by atoms with van der Waals surface area (Å²) in [6.07, 6.45) is 0. The van der Waals surface area contributed by atoms with Gasteiger partial charge < -0.3 is 10.2 Å². The van der Waals surface area contributed by atoms with Crippen LogP contribution >= 0.6 is 11.3 Å². The minimum atomic E-state index is -0.244. The highest BCUT2D eigenvalue weighted by atomic mass is 32.1. The summed E-state index contributed by atoms with van der Waals surface area (Å²) in [6, 6.07) is 9.69. The fourth-order valence-electron chi connectivity index (χ4n) is 2.37. The molecule has 0 amide bonds. The molecule has 0 bridgehead atoms. The quantitative estimate of drug-likeness (QED) is 0.799. The van der Waals surface area contributed by atoms with Crippen molar-refractivity contribution in [2.24, 2.45) is 5.73 Å². The number of hydrogen-bond acceptors (Lipinski definition) is 5. The predicted octanol–water partition coefficient (Wildman–Crippen LogP) is 3.77. The molecular weight excluding hydrogens is 282 g/mol. The van der Waals surface area contributed by atoms with Crippen LogP contribution in [0.2, 0.25) is 0 Å². The maximum absolute atomic E-state index is 6.27. The third-order valence-corrected chi connectivity index (χ3v) is 4.66. The number of hydrogen-bond donors (Lipinski definition) is 1. The van der Waals surface area contributed by atoms with Crippen LogP contribution in [0.3, 0.4) is 0 Å². The van der Waals surface area contributed by atoms with Crippen molar-refractivity contribution in [1.82, 2.24) is 10.2 Å². The minimum absolute atomic E-state index is 0.244. The molecule has 2 N–H and O–H groups in total. The molecule has 1 atom stereocenters. The molecule has 0 aliphatic heterocycles. The molecule has 0 radical (unpaired) electrons. The summed E-state index contributed by atoms with van der Waals surface area (Å²) in [7, 11) is 0. The fourth-order valence-corrected chi connectivity index (χ4v) is 3.40. The molecule has 3 aromatic rings. The van der Waals surface area contributed by atoms with E-state index in [0.717, 1.165) is 38.2 Å². The van der Waals surface area contributed by atoms with Gasteiger partial charge in [0.2, 0.25) is 0 Å². The summed E-state index contributed by atoms with van der Waals surface area (Å²) in [4.78, 5) is 0. The highest BCUT2D eigenvalue weighted by Crippen LogP contribution is 2.35. The van der Waals surface area contributed by atoms with Crippen LogP contribution in [0.25, 0.3) is 10.6 Å². The number of aryl methyl sites for hydroxylation is 2. The lowest BCUT2D eigenvalue weighted by atomic mass is 10.1. The van der Waals surface area contributed by atoms with Gasteiger partial charge in [-0.1, -0.05) is 41.7 Å². The van der Waals surface area contributed by atoms with E-state index < -0.39 is 0 Å². The molecule has 0 aliphatic carbocycles. The highest BCUT2D eigenvalue weighted by molar-refractivity contribution is 7.14. The molecule has 2 heterocycles. The first-order valence-corrected chi connectivity index (χ1v) is 7.60. The minimum Gasteiger partial charge on any atom is -0.466 e. The zero-order chi connectivity index (χ0) is 15.0. The summed E-state index contributed by atoms with van der Waals surface area (Å²) in [5.41, 5.74) is 9.47. The normalized spacial score (nSPS) is 12.6. The van der Waals surface area contributed by atoms with Crippen molar-refractivity contribution >= 4 is 11.3 Å². The van der Waals surface area contributed by atoms with Crippen molar-refractivity contribution in [2.45, 2.75) is 26.8 Å². The van der Waals surface area contributed by atoms with E-state index in [4.69, 9.17) is 10.2 Å². The first kappa shape index (κ1) is 14.0. The molecule has 3 rings (SSSR count). The molecule has 1 aromatic carbocycles. The molecule has 0 fully saturated rings. The second kappa shape index (κ2) is 5.42. The predicted molar refractivity (Wildman–Crippen MR) is 84.3 cm³/mol. The number of aromatic nitrogens is 2. The van der Waals surface area contributed by atoms with E-state index in [9.17, 15) is 0 Å². The second-order valence-corrected chi connectivity index (χ2v) is 6.06. The van der Waals surface area contributed by atoms with Crippen LogP contribution in [0, 0.1) is 20.8 Å². The van der Waals surface area contributed by atoms with E-state index in [1.807, 2.05) is 51.1 Å². The van der Waals surface area contributed by atoms with E-state index in [1.165, 1.54) is 11.3 Å². The number of rotatable bonds is 3. The topological polar surface area (TPSA) is 64.9 Å². The lowest BCUT2D eigenvalue weighted by Crippen LogP contribution is -2.11. The molecular formula is C16H17N3OS. The monoisotopic (exact) mass is 299 g/mol. The Bertz CT molecular complexity index is 761. The Morgan fingerprint density at radius 1 is 1.05 bits per heavy atom. The zero-order valence-electron chi connectivity index (χ0n) is 12.3. The van der Waals surface area contributed by atoms with E-state index >= 15 is 0 Å². The average molecular weight is 299 g/mol. The van der Waals surface area contributed by atoms with Crippen LogP contribution in [0.1, 0.15) is 33.7 Å². The van der Waals surface area contributed by atoms with Crippen molar-refractivity contribution in [2.75, 3.05) is 0 Å². The van der Waals surface area contributed by atoms with Gasteiger partial charge >= 0.3 is 0 Å². The van der Waals surface area contributed by atoms with Gasteiger partial charge in [0.25, 0.3) is 0 Å². The van der Waals surface area contributed by atoms with E-state index in [2.05, 4.69) is 10.2 Å². The number of nitrogens with zero attached hydrogens (tertiary/aromatic N) is 2. The standard InChI is InChI=1S/C16H17N3OS/c1-9-10(2)20-11(3)13(9)15-18-19-16(21-15)14(17)12-7-5-4-6-8-12/h4-8,14H,17H2,1-3H3. The first-order chi connectivity index (χ1) is 10.1. The number of nitrogens with two attached hydrogens (primary N) is 1. The molecule has 108 valence electrons. The smallest absolute Gasteiger partial charge is 0.151 e. The van der Waals surface area contributed by atoms with Crippen LogP contribution < -0.4 is 5.73 Å². The Balaban J connectivity index is 1.97. The Hall–Kier alpha value is -1.98. The summed E-state index contributed by atoms with van der Waals surface area (Å²) in [5, 5.41) is 10.2. The molecule has 0 spiro atoms. The lowest BCUT2D eigenvalue weighted by Gasteiger charge is -2.06.